The van der Waals surface area contributed by atoms with Crippen molar-refractivity contribution in [2.45, 2.75) is 19.9 Å². The van der Waals surface area contributed by atoms with Crippen LogP contribution < -0.4 is 5.56 Å². The van der Waals surface area contributed by atoms with Crippen LogP contribution in [0, 0.1) is 5.92 Å². The molecule has 1 fully saturated rings. The molecule has 2 aromatic rings. The van der Waals surface area contributed by atoms with E-state index in [0.717, 1.165) is 18.6 Å². The Bertz CT molecular complexity index is 676. The molecule has 1 saturated heterocycles. The Morgan fingerprint density at radius 3 is 3.16 bits per heavy atom. The van der Waals surface area contributed by atoms with Crippen LogP contribution in [0.2, 0.25) is 0 Å². The Kier molecular flexibility index (Phi) is 3.20. The zero-order valence-corrected chi connectivity index (χ0v) is 11.5. The second-order valence-electron chi connectivity index (χ2n) is 5.00. The third kappa shape index (κ3) is 2.46. The van der Waals surface area contributed by atoms with Crippen LogP contribution >= 0.6 is 11.3 Å². The van der Waals surface area contributed by atoms with Crippen LogP contribution in [0.3, 0.4) is 0 Å². The lowest BCUT2D eigenvalue weighted by Gasteiger charge is -2.29. The van der Waals surface area contributed by atoms with E-state index in [4.69, 9.17) is 0 Å². The number of thiophene rings is 1. The molecule has 6 heteroatoms. The van der Waals surface area contributed by atoms with Crippen molar-refractivity contribution in [3.63, 3.8) is 0 Å². The molecule has 3 heterocycles. The number of hydrogen-bond acceptors (Lipinski definition) is 5. The Morgan fingerprint density at radius 1 is 1.53 bits per heavy atom. The Balaban J connectivity index is 1.81. The zero-order valence-electron chi connectivity index (χ0n) is 10.7. The van der Waals surface area contributed by atoms with Crippen molar-refractivity contribution in [3.05, 3.63) is 27.6 Å². The first-order chi connectivity index (χ1) is 9.13. The van der Waals surface area contributed by atoms with E-state index in [1.807, 2.05) is 18.4 Å². The Hall–Kier alpha value is -1.53. The number of hydrogen-bond donors (Lipinski definition) is 1. The van der Waals surface area contributed by atoms with Crippen molar-refractivity contribution < 1.29 is 4.79 Å². The lowest BCUT2D eigenvalue weighted by atomic mass is 9.99. The molecule has 0 spiro atoms. The molecule has 100 valence electrons. The molecule has 0 saturated carbocycles. The molecule has 0 aliphatic carbocycles. The van der Waals surface area contributed by atoms with Gasteiger partial charge in [0.1, 0.15) is 16.3 Å². The molecule has 0 radical (unpaired) electrons. The van der Waals surface area contributed by atoms with Crippen LogP contribution in [0.25, 0.3) is 10.2 Å². The van der Waals surface area contributed by atoms with Gasteiger partial charge < -0.3 is 4.98 Å². The predicted octanol–water partition coefficient (Wildman–Crippen LogP) is 1.40. The number of nitrogens with one attached hydrogen (secondary N) is 1. The van der Waals surface area contributed by atoms with Crippen LogP contribution in [0.4, 0.5) is 0 Å². The van der Waals surface area contributed by atoms with E-state index in [1.165, 1.54) is 11.3 Å². The number of likely N-dealkylation sites (tertiary alicyclic amines) is 1. The molecular weight excluding hydrogens is 262 g/mol. The standard InChI is InChI=1S/C13H15N3O2S/c1-8-6-16(4-2-10(8)17)7-11-14-9-3-5-19-12(9)13(18)15-11/h3,5,8H,2,4,6-7H2,1H3,(H,14,15,18). The maximum Gasteiger partial charge on any atom is 0.268 e. The van der Waals surface area contributed by atoms with Gasteiger partial charge in [0.05, 0.1) is 12.1 Å². The summed E-state index contributed by atoms with van der Waals surface area (Å²) in [5.74, 6) is 1.08. The van der Waals surface area contributed by atoms with E-state index in [9.17, 15) is 9.59 Å². The minimum atomic E-state index is -0.0730. The average Bonchev–Trinajstić information content (AvgIpc) is 2.82. The Morgan fingerprint density at radius 2 is 2.37 bits per heavy atom. The van der Waals surface area contributed by atoms with Crippen molar-refractivity contribution in [1.82, 2.24) is 14.9 Å². The van der Waals surface area contributed by atoms with Gasteiger partial charge in [0.15, 0.2) is 0 Å². The summed E-state index contributed by atoms with van der Waals surface area (Å²) in [6, 6.07) is 1.86. The van der Waals surface area contributed by atoms with Crippen LogP contribution in [-0.2, 0) is 11.3 Å². The number of Topliss-reactive ketones (excluding diaryl/α,β-unsaturated/α-hetero) is 1. The maximum absolute atomic E-state index is 11.9. The fourth-order valence-corrected chi connectivity index (χ4v) is 3.17. The molecule has 5 nitrogen and oxygen atoms in total. The smallest absolute Gasteiger partial charge is 0.268 e. The summed E-state index contributed by atoms with van der Waals surface area (Å²) in [7, 11) is 0. The third-order valence-electron chi connectivity index (χ3n) is 3.49. The van der Waals surface area contributed by atoms with Crippen molar-refractivity contribution in [2.24, 2.45) is 5.92 Å². The molecule has 19 heavy (non-hydrogen) atoms. The van der Waals surface area contributed by atoms with Gasteiger partial charge in [0.2, 0.25) is 0 Å². The topological polar surface area (TPSA) is 66.1 Å². The third-order valence-corrected chi connectivity index (χ3v) is 4.40. The summed E-state index contributed by atoms with van der Waals surface area (Å²) in [6.07, 6.45) is 0.589. The van der Waals surface area contributed by atoms with E-state index >= 15 is 0 Å². The van der Waals surface area contributed by atoms with Gasteiger partial charge in [-0.25, -0.2) is 4.98 Å². The van der Waals surface area contributed by atoms with Gasteiger partial charge in [-0.1, -0.05) is 6.92 Å². The highest BCUT2D eigenvalue weighted by Gasteiger charge is 2.23. The first-order valence-electron chi connectivity index (χ1n) is 6.35. The van der Waals surface area contributed by atoms with Crippen molar-refractivity contribution in [2.75, 3.05) is 13.1 Å². The van der Waals surface area contributed by atoms with Crippen LogP contribution in [-0.4, -0.2) is 33.7 Å². The highest BCUT2D eigenvalue weighted by Crippen LogP contribution is 2.16. The van der Waals surface area contributed by atoms with Gasteiger partial charge >= 0.3 is 0 Å². The van der Waals surface area contributed by atoms with E-state index in [0.29, 0.717) is 29.3 Å². The first-order valence-corrected chi connectivity index (χ1v) is 7.23. The molecule has 0 amide bonds. The Labute approximate surface area is 114 Å². The number of fused-ring (bicyclic) bond motifs is 1. The first kappa shape index (κ1) is 12.5. The van der Waals surface area contributed by atoms with Crippen molar-refractivity contribution in [3.8, 4) is 0 Å². The van der Waals surface area contributed by atoms with E-state index < -0.39 is 0 Å². The van der Waals surface area contributed by atoms with Crippen LogP contribution in [0.5, 0.6) is 0 Å². The predicted molar refractivity (Wildman–Crippen MR) is 74.3 cm³/mol. The largest absolute Gasteiger partial charge is 0.308 e. The van der Waals surface area contributed by atoms with Gasteiger partial charge in [-0.05, 0) is 11.4 Å². The summed E-state index contributed by atoms with van der Waals surface area (Å²) in [5.41, 5.74) is 0.681. The van der Waals surface area contributed by atoms with Gasteiger partial charge in [0, 0.05) is 25.4 Å². The second-order valence-corrected chi connectivity index (χ2v) is 5.92. The van der Waals surface area contributed by atoms with Crippen molar-refractivity contribution in [1.29, 1.82) is 0 Å². The number of aromatic amines is 1. The number of H-pyrrole nitrogens is 1. The summed E-state index contributed by atoms with van der Waals surface area (Å²) in [4.78, 5) is 32.8. The highest BCUT2D eigenvalue weighted by atomic mass is 32.1. The maximum atomic E-state index is 11.9. The molecule has 1 aliphatic rings. The monoisotopic (exact) mass is 277 g/mol. The number of aromatic nitrogens is 2. The molecule has 0 aromatic carbocycles. The van der Waals surface area contributed by atoms with Gasteiger partial charge in [-0.3, -0.25) is 14.5 Å². The number of rotatable bonds is 2. The number of carbonyl (C=O) groups is 1. The molecular formula is C13H15N3O2S. The summed E-state index contributed by atoms with van der Waals surface area (Å²) in [5, 5.41) is 1.87. The molecule has 1 unspecified atom stereocenters. The highest BCUT2D eigenvalue weighted by molar-refractivity contribution is 7.17. The number of carbonyl (C=O) groups excluding carboxylic acids is 1. The second kappa shape index (κ2) is 4.86. The van der Waals surface area contributed by atoms with Crippen LogP contribution in [0.1, 0.15) is 19.2 Å². The molecule has 2 aromatic heterocycles. The lowest BCUT2D eigenvalue weighted by Crippen LogP contribution is -2.39. The van der Waals surface area contributed by atoms with Crippen molar-refractivity contribution >= 4 is 27.3 Å². The van der Waals surface area contributed by atoms with Gasteiger partial charge in [-0.15, -0.1) is 11.3 Å². The minimum absolute atomic E-state index is 0.0730. The SMILES string of the molecule is CC1CN(Cc2nc3ccsc3c(=O)[nH]2)CCC1=O. The summed E-state index contributed by atoms with van der Waals surface area (Å²) in [6.45, 7) is 4.03. The van der Waals surface area contributed by atoms with E-state index in [1.54, 1.807) is 0 Å². The fraction of sp³-hybridized carbons (Fsp3) is 0.462. The van der Waals surface area contributed by atoms with Gasteiger partial charge in [-0.2, -0.15) is 0 Å². The molecule has 1 N–H and O–H groups in total. The number of nitrogens with zero attached hydrogens (tertiary/aromatic N) is 2. The molecule has 1 atom stereocenters. The zero-order chi connectivity index (χ0) is 13.4. The fourth-order valence-electron chi connectivity index (χ4n) is 2.45. The van der Waals surface area contributed by atoms with Gasteiger partial charge in [0.25, 0.3) is 5.56 Å². The summed E-state index contributed by atoms with van der Waals surface area (Å²) < 4.78 is 0.672. The quantitative estimate of drug-likeness (QED) is 0.901. The van der Waals surface area contributed by atoms with E-state index in [-0.39, 0.29) is 11.5 Å². The lowest BCUT2D eigenvalue weighted by molar-refractivity contribution is -0.125. The average molecular weight is 277 g/mol. The molecule has 1 aliphatic heterocycles. The number of ketones is 1. The number of piperidine rings is 1. The molecule has 3 rings (SSSR count). The molecule has 0 bridgehead atoms. The summed E-state index contributed by atoms with van der Waals surface area (Å²) >= 11 is 1.40. The normalized spacial score (nSPS) is 21.1. The van der Waals surface area contributed by atoms with Crippen LogP contribution in [0.15, 0.2) is 16.2 Å². The minimum Gasteiger partial charge on any atom is -0.308 e. The van der Waals surface area contributed by atoms with E-state index in [2.05, 4.69) is 14.9 Å².